The van der Waals surface area contributed by atoms with Crippen LogP contribution in [0.25, 0.3) is 0 Å². The van der Waals surface area contributed by atoms with E-state index in [0.717, 1.165) is 18.7 Å². The number of piperazine rings is 1. The molecule has 1 aliphatic heterocycles. The van der Waals surface area contributed by atoms with Gasteiger partial charge in [-0.05, 0) is 55.8 Å². The number of hydrogen-bond donors (Lipinski definition) is 1. The third-order valence-electron chi connectivity index (χ3n) is 5.04. The number of carbonyl (C=O) groups is 1. The van der Waals surface area contributed by atoms with Gasteiger partial charge in [0.05, 0.1) is 0 Å². The number of hydrogen-bond acceptors (Lipinski definition) is 3. The van der Waals surface area contributed by atoms with Crippen LogP contribution in [-0.2, 0) is 0 Å². The van der Waals surface area contributed by atoms with Crippen LogP contribution in [0.15, 0.2) is 42.5 Å². The minimum atomic E-state index is -0.335. The molecule has 1 amide bonds. The molecule has 1 heterocycles. The standard InChI is InChI=1S/C20H23ClFN3O/c1-13-12-24(14(2)18-8-5-16(22)11-19(18)21)9-10-25(13)20(26)15-3-6-17(23)7-4-15/h3-8,11,13-14H,9-10,12,23H2,1-2H3. The number of rotatable bonds is 3. The van der Waals surface area contributed by atoms with Crippen LogP contribution in [0.4, 0.5) is 10.1 Å². The molecule has 2 N–H and O–H groups in total. The number of nitrogens with zero attached hydrogens (tertiary/aromatic N) is 2. The molecule has 1 aliphatic rings. The number of anilines is 1. The molecular formula is C20H23ClFN3O. The predicted molar refractivity (Wildman–Crippen MR) is 103 cm³/mol. The Morgan fingerprint density at radius 1 is 1.23 bits per heavy atom. The van der Waals surface area contributed by atoms with Crippen LogP contribution in [0.3, 0.4) is 0 Å². The molecule has 2 aromatic carbocycles. The Labute approximate surface area is 158 Å². The molecule has 138 valence electrons. The average molecular weight is 376 g/mol. The van der Waals surface area contributed by atoms with Gasteiger partial charge in [0.15, 0.2) is 0 Å². The quantitative estimate of drug-likeness (QED) is 0.826. The third kappa shape index (κ3) is 3.84. The summed E-state index contributed by atoms with van der Waals surface area (Å²) < 4.78 is 13.3. The fourth-order valence-electron chi connectivity index (χ4n) is 3.47. The van der Waals surface area contributed by atoms with Crippen LogP contribution in [0.2, 0.25) is 5.02 Å². The van der Waals surface area contributed by atoms with Crippen molar-refractivity contribution in [2.24, 2.45) is 0 Å². The monoisotopic (exact) mass is 375 g/mol. The summed E-state index contributed by atoms with van der Waals surface area (Å²) in [5, 5.41) is 0.436. The molecule has 0 saturated carbocycles. The number of benzene rings is 2. The van der Waals surface area contributed by atoms with Gasteiger partial charge in [0, 0.05) is 48.0 Å². The minimum absolute atomic E-state index is 0.0182. The van der Waals surface area contributed by atoms with E-state index in [9.17, 15) is 9.18 Å². The van der Waals surface area contributed by atoms with E-state index < -0.39 is 0 Å². The lowest BCUT2D eigenvalue weighted by atomic mass is 10.0. The van der Waals surface area contributed by atoms with Crippen molar-refractivity contribution >= 4 is 23.2 Å². The lowest BCUT2D eigenvalue weighted by Gasteiger charge is -2.42. The minimum Gasteiger partial charge on any atom is -0.399 e. The van der Waals surface area contributed by atoms with Crippen LogP contribution < -0.4 is 5.73 Å². The largest absolute Gasteiger partial charge is 0.399 e. The van der Waals surface area contributed by atoms with Gasteiger partial charge in [-0.2, -0.15) is 0 Å². The van der Waals surface area contributed by atoms with Gasteiger partial charge in [0.2, 0.25) is 0 Å². The Morgan fingerprint density at radius 2 is 1.92 bits per heavy atom. The smallest absolute Gasteiger partial charge is 0.254 e. The van der Waals surface area contributed by atoms with E-state index in [4.69, 9.17) is 17.3 Å². The maximum Gasteiger partial charge on any atom is 0.254 e. The number of nitrogens with two attached hydrogens (primary N) is 1. The van der Waals surface area contributed by atoms with Gasteiger partial charge in [-0.1, -0.05) is 17.7 Å². The number of halogens is 2. The zero-order valence-electron chi connectivity index (χ0n) is 15.0. The molecule has 3 rings (SSSR count). The van der Waals surface area contributed by atoms with Crippen LogP contribution in [0.1, 0.15) is 35.8 Å². The molecule has 0 bridgehead atoms. The first-order valence-corrected chi connectivity index (χ1v) is 9.10. The Balaban J connectivity index is 1.69. The highest BCUT2D eigenvalue weighted by Gasteiger charge is 2.31. The molecule has 26 heavy (non-hydrogen) atoms. The van der Waals surface area contributed by atoms with Gasteiger partial charge in [-0.15, -0.1) is 0 Å². The molecule has 2 atom stereocenters. The van der Waals surface area contributed by atoms with Crippen molar-refractivity contribution in [2.45, 2.75) is 25.9 Å². The van der Waals surface area contributed by atoms with Crippen molar-refractivity contribution in [3.8, 4) is 0 Å². The van der Waals surface area contributed by atoms with E-state index >= 15 is 0 Å². The van der Waals surface area contributed by atoms with Gasteiger partial charge in [-0.3, -0.25) is 9.69 Å². The lowest BCUT2D eigenvalue weighted by Crippen LogP contribution is -2.54. The van der Waals surface area contributed by atoms with Crippen LogP contribution in [-0.4, -0.2) is 41.4 Å². The van der Waals surface area contributed by atoms with E-state index in [-0.39, 0.29) is 23.8 Å². The van der Waals surface area contributed by atoms with Gasteiger partial charge < -0.3 is 10.6 Å². The van der Waals surface area contributed by atoms with Crippen molar-refractivity contribution < 1.29 is 9.18 Å². The number of nitrogen functional groups attached to an aromatic ring is 1. The molecule has 1 fully saturated rings. The van der Waals surface area contributed by atoms with Crippen molar-refractivity contribution in [1.29, 1.82) is 0 Å². The van der Waals surface area contributed by atoms with Gasteiger partial charge in [0.25, 0.3) is 5.91 Å². The van der Waals surface area contributed by atoms with Crippen molar-refractivity contribution in [2.75, 3.05) is 25.4 Å². The summed E-state index contributed by atoms with van der Waals surface area (Å²) in [5.41, 5.74) is 7.89. The van der Waals surface area contributed by atoms with Gasteiger partial charge in [0.1, 0.15) is 5.82 Å². The van der Waals surface area contributed by atoms with Crippen molar-refractivity contribution in [3.63, 3.8) is 0 Å². The Kier molecular flexibility index (Phi) is 5.49. The number of amides is 1. The van der Waals surface area contributed by atoms with Crippen molar-refractivity contribution in [3.05, 3.63) is 64.4 Å². The van der Waals surface area contributed by atoms with Crippen LogP contribution in [0, 0.1) is 5.82 Å². The molecule has 6 heteroatoms. The zero-order chi connectivity index (χ0) is 18.8. The van der Waals surface area contributed by atoms with E-state index in [0.29, 0.717) is 22.8 Å². The van der Waals surface area contributed by atoms with E-state index in [1.807, 2.05) is 11.8 Å². The SMILES string of the molecule is CC(c1ccc(F)cc1Cl)N1CCN(C(=O)c2ccc(N)cc2)C(C)C1. The topological polar surface area (TPSA) is 49.6 Å². The highest BCUT2D eigenvalue weighted by Crippen LogP contribution is 2.30. The normalized spacial score (nSPS) is 19.4. The molecule has 2 unspecified atom stereocenters. The Hall–Kier alpha value is -2.11. The van der Waals surface area contributed by atoms with E-state index in [2.05, 4.69) is 11.8 Å². The second-order valence-corrected chi connectivity index (χ2v) is 7.21. The molecule has 0 aliphatic carbocycles. The molecule has 0 aromatic heterocycles. The maximum absolute atomic E-state index is 13.3. The van der Waals surface area contributed by atoms with Gasteiger partial charge >= 0.3 is 0 Å². The summed E-state index contributed by atoms with van der Waals surface area (Å²) in [5.74, 6) is -0.317. The first kappa shape index (κ1) is 18.7. The average Bonchev–Trinajstić information content (AvgIpc) is 2.61. The Morgan fingerprint density at radius 3 is 2.54 bits per heavy atom. The van der Waals surface area contributed by atoms with E-state index in [1.54, 1.807) is 30.3 Å². The molecule has 1 saturated heterocycles. The summed E-state index contributed by atoms with van der Waals surface area (Å²) in [7, 11) is 0. The molecule has 0 spiro atoms. The van der Waals surface area contributed by atoms with Crippen LogP contribution in [0.5, 0.6) is 0 Å². The highest BCUT2D eigenvalue weighted by atomic mass is 35.5. The number of carbonyl (C=O) groups excluding carboxylic acids is 1. The second kappa shape index (κ2) is 7.64. The fraction of sp³-hybridized carbons (Fsp3) is 0.350. The third-order valence-corrected chi connectivity index (χ3v) is 5.37. The fourth-order valence-corrected chi connectivity index (χ4v) is 3.79. The summed E-state index contributed by atoms with van der Waals surface area (Å²) in [4.78, 5) is 16.9. The van der Waals surface area contributed by atoms with Crippen molar-refractivity contribution in [1.82, 2.24) is 9.80 Å². The summed E-state index contributed by atoms with van der Waals surface area (Å²) in [6.07, 6.45) is 0. The molecular weight excluding hydrogens is 353 g/mol. The maximum atomic E-state index is 13.3. The van der Waals surface area contributed by atoms with Crippen LogP contribution >= 0.6 is 11.6 Å². The summed E-state index contributed by atoms with van der Waals surface area (Å²) in [6, 6.07) is 11.6. The molecule has 4 nitrogen and oxygen atoms in total. The summed E-state index contributed by atoms with van der Waals surface area (Å²) >= 11 is 6.21. The summed E-state index contributed by atoms with van der Waals surface area (Å²) in [6.45, 7) is 6.20. The lowest BCUT2D eigenvalue weighted by molar-refractivity contribution is 0.0406. The Bertz CT molecular complexity index is 796. The predicted octanol–water partition coefficient (Wildman–Crippen LogP) is 3.97. The second-order valence-electron chi connectivity index (χ2n) is 6.81. The molecule has 2 aromatic rings. The van der Waals surface area contributed by atoms with Gasteiger partial charge in [-0.25, -0.2) is 4.39 Å². The first-order valence-electron chi connectivity index (χ1n) is 8.72. The highest BCUT2D eigenvalue weighted by molar-refractivity contribution is 6.31. The van der Waals surface area contributed by atoms with E-state index in [1.165, 1.54) is 12.1 Å². The first-order chi connectivity index (χ1) is 12.4. The molecule has 0 radical (unpaired) electrons. The zero-order valence-corrected chi connectivity index (χ0v) is 15.7.